The fourth-order valence-electron chi connectivity index (χ4n) is 2.83. The lowest BCUT2D eigenvalue weighted by molar-refractivity contribution is -0.890. The maximum Gasteiger partial charge on any atom is 0.219 e. The van der Waals surface area contributed by atoms with Gasteiger partial charge in [0.15, 0.2) is 0 Å². The van der Waals surface area contributed by atoms with Gasteiger partial charge in [-0.15, -0.1) is 0 Å². The molecule has 0 spiro atoms. The van der Waals surface area contributed by atoms with E-state index < -0.39 is 10.1 Å². The van der Waals surface area contributed by atoms with Crippen LogP contribution in [0.1, 0.15) is 44.9 Å². The van der Waals surface area contributed by atoms with Crippen molar-refractivity contribution in [2.24, 2.45) is 0 Å². The molecule has 0 aromatic carbocycles. The summed E-state index contributed by atoms with van der Waals surface area (Å²) >= 11 is 0. The lowest BCUT2D eigenvalue weighted by atomic mass is 10.1. The van der Waals surface area contributed by atoms with Gasteiger partial charge in [-0.3, -0.25) is 4.79 Å². The van der Waals surface area contributed by atoms with Crippen molar-refractivity contribution < 1.29 is 22.2 Å². The third kappa shape index (κ3) is 12.9. The average Bonchev–Trinajstić information content (AvgIpc) is 3.00. The second-order valence-corrected chi connectivity index (χ2v) is 11.6. The summed E-state index contributed by atoms with van der Waals surface area (Å²) in [7, 11) is 3.86. The zero-order chi connectivity index (χ0) is 18.8. The molecule has 9 heteroatoms. The second-order valence-electron chi connectivity index (χ2n) is 7.28. The van der Waals surface area contributed by atoms with Gasteiger partial charge in [-0.1, -0.05) is 28.0 Å². The summed E-state index contributed by atoms with van der Waals surface area (Å²) in [5, 5.41) is 3.74. The number of rotatable bonds is 13. The maximum absolute atomic E-state index is 11.8. The Bertz CT molecular complexity index is 492. The molecule has 1 fully saturated rings. The Labute approximate surface area is 160 Å². The first-order chi connectivity index (χ1) is 11.7. The molecule has 0 aromatic rings. The van der Waals surface area contributed by atoms with Crippen molar-refractivity contribution in [3.8, 4) is 0 Å². The average molecular weight is 413 g/mol. The van der Waals surface area contributed by atoms with Crippen molar-refractivity contribution >= 4 is 37.6 Å². The summed E-state index contributed by atoms with van der Waals surface area (Å²) in [6, 6.07) is 0. The Morgan fingerprint density at radius 3 is 2.56 bits per heavy atom. The van der Waals surface area contributed by atoms with Crippen LogP contribution in [-0.2, 0) is 14.9 Å². The number of nitrogens with zero attached hydrogens (tertiary/aromatic N) is 1. The van der Waals surface area contributed by atoms with E-state index in [4.69, 9.17) is 0 Å². The molecule has 1 atom stereocenters. The minimum Gasteiger partial charge on any atom is -0.748 e. The number of nitrogens with one attached hydrogen (secondary N) is 1. The van der Waals surface area contributed by atoms with Crippen molar-refractivity contribution in [2.75, 3.05) is 45.2 Å². The zero-order valence-corrected chi connectivity index (χ0v) is 17.8. The molecule has 0 bridgehead atoms. The van der Waals surface area contributed by atoms with Crippen LogP contribution in [-0.4, -0.2) is 73.8 Å². The van der Waals surface area contributed by atoms with E-state index in [1.807, 2.05) is 35.7 Å². The van der Waals surface area contributed by atoms with Crippen LogP contribution in [0.2, 0.25) is 0 Å². The molecular formula is C16H32N2O4S3. The summed E-state index contributed by atoms with van der Waals surface area (Å²) in [4.78, 5) is 11.8. The zero-order valence-electron chi connectivity index (χ0n) is 15.4. The maximum atomic E-state index is 11.8. The summed E-state index contributed by atoms with van der Waals surface area (Å²) in [5.74, 6) is 1.08. The number of carbonyl (C=O) groups is 1. The summed E-state index contributed by atoms with van der Waals surface area (Å²) in [5.41, 5.74) is 0. The van der Waals surface area contributed by atoms with E-state index in [1.165, 1.54) is 18.6 Å². The van der Waals surface area contributed by atoms with E-state index in [0.717, 1.165) is 31.1 Å². The number of carbonyl (C=O) groups excluding carboxylic acids is 1. The molecule has 1 unspecified atom stereocenters. The number of hydrogen-bond donors (Lipinski definition) is 1. The molecule has 0 radical (unpaired) electrons. The Balaban J connectivity index is 2.00. The van der Waals surface area contributed by atoms with Gasteiger partial charge in [0.05, 0.1) is 37.3 Å². The molecule has 148 valence electrons. The van der Waals surface area contributed by atoms with E-state index in [2.05, 4.69) is 5.32 Å². The van der Waals surface area contributed by atoms with Crippen LogP contribution < -0.4 is 5.32 Å². The predicted octanol–water partition coefficient (Wildman–Crippen LogP) is 2.22. The molecule has 1 rings (SSSR count). The van der Waals surface area contributed by atoms with Crippen molar-refractivity contribution in [1.29, 1.82) is 0 Å². The SMILES string of the molecule is C[N+](C)(CCCNC(=O)CCCCC1CCSS1)CCCS(=O)(=O)[O-]. The molecule has 0 aromatic heterocycles. The van der Waals surface area contributed by atoms with Gasteiger partial charge < -0.3 is 14.4 Å². The highest BCUT2D eigenvalue weighted by atomic mass is 33.1. The predicted molar refractivity (Wildman–Crippen MR) is 106 cm³/mol. The van der Waals surface area contributed by atoms with Gasteiger partial charge in [0.1, 0.15) is 0 Å². The summed E-state index contributed by atoms with van der Waals surface area (Å²) in [6.45, 7) is 2.14. The highest BCUT2D eigenvalue weighted by molar-refractivity contribution is 8.77. The molecular weight excluding hydrogens is 380 g/mol. The Hall–Kier alpha value is 0.0400. The fraction of sp³-hybridized carbons (Fsp3) is 0.938. The third-order valence-corrected chi connectivity index (χ3v) is 8.12. The first-order valence-electron chi connectivity index (χ1n) is 8.98. The fourth-order valence-corrected chi connectivity index (χ4v) is 6.34. The number of amides is 1. The largest absolute Gasteiger partial charge is 0.748 e. The lowest BCUT2D eigenvalue weighted by Gasteiger charge is -2.30. The summed E-state index contributed by atoms with van der Waals surface area (Å²) < 4.78 is 32.5. The molecule has 25 heavy (non-hydrogen) atoms. The molecule has 1 aliphatic rings. The van der Waals surface area contributed by atoms with Gasteiger partial charge in [-0.05, 0) is 19.3 Å². The molecule has 0 aliphatic carbocycles. The molecule has 1 amide bonds. The molecule has 0 saturated carbocycles. The van der Waals surface area contributed by atoms with Gasteiger partial charge >= 0.3 is 0 Å². The van der Waals surface area contributed by atoms with Crippen molar-refractivity contribution in [2.45, 2.75) is 50.2 Å². The van der Waals surface area contributed by atoms with E-state index >= 15 is 0 Å². The van der Waals surface area contributed by atoms with Gasteiger partial charge in [0.25, 0.3) is 0 Å². The molecule has 1 saturated heterocycles. The number of hydrogen-bond acceptors (Lipinski definition) is 6. The third-order valence-electron chi connectivity index (χ3n) is 4.33. The van der Waals surface area contributed by atoms with E-state index in [1.54, 1.807) is 0 Å². The van der Waals surface area contributed by atoms with Crippen LogP contribution in [0.15, 0.2) is 0 Å². The lowest BCUT2D eigenvalue weighted by Crippen LogP contribution is -2.43. The van der Waals surface area contributed by atoms with Crippen LogP contribution in [0.3, 0.4) is 0 Å². The van der Waals surface area contributed by atoms with Gasteiger partial charge in [0.2, 0.25) is 5.91 Å². The minimum atomic E-state index is -4.12. The molecule has 6 nitrogen and oxygen atoms in total. The van der Waals surface area contributed by atoms with E-state index in [9.17, 15) is 17.8 Å². The highest BCUT2D eigenvalue weighted by Gasteiger charge is 2.16. The van der Waals surface area contributed by atoms with Crippen molar-refractivity contribution in [1.82, 2.24) is 5.32 Å². The standard InChI is InChI=1S/C16H32N2O4S3/c1-18(2,12-6-14-25(20,21)22)11-5-10-17-16(19)8-4-3-7-15-9-13-23-24-15/h15H,3-14H2,1-2H3,(H-,17,19,20,21,22). The van der Waals surface area contributed by atoms with Crippen LogP contribution in [0.25, 0.3) is 0 Å². The van der Waals surface area contributed by atoms with Crippen LogP contribution in [0.5, 0.6) is 0 Å². The number of quaternary nitrogens is 1. The van der Waals surface area contributed by atoms with Gasteiger partial charge in [0, 0.05) is 42.6 Å². The van der Waals surface area contributed by atoms with Crippen molar-refractivity contribution in [3.63, 3.8) is 0 Å². The van der Waals surface area contributed by atoms with E-state index in [-0.39, 0.29) is 11.7 Å². The van der Waals surface area contributed by atoms with Crippen LogP contribution >= 0.6 is 21.6 Å². The van der Waals surface area contributed by atoms with Gasteiger partial charge in [-0.2, -0.15) is 0 Å². The normalized spacial score (nSPS) is 18.4. The molecule has 1 heterocycles. The second kappa shape index (κ2) is 11.7. The van der Waals surface area contributed by atoms with Gasteiger partial charge in [-0.25, -0.2) is 8.42 Å². The first-order valence-corrected chi connectivity index (χ1v) is 12.9. The first kappa shape index (κ1) is 23.1. The monoisotopic (exact) mass is 412 g/mol. The van der Waals surface area contributed by atoms with E-state index in [0.29, 0.717) is 30.4 Å². The van der Waals surface area contributed by atoms with Crippen LogP contribution in [0, 0.1) is 0 Å². The minimum absolute atomic E-state index is 0.121. The van der Waals surface area contributed by atoms with Crippen molar-refractivity contribution in [3.05, 3.63) is 0 Å². The Kier molecular flexibility index (Phi) is 10.8. The smallest absolute Gasteiger partial charge is 0.219 e. The number of unbranched alkanes of at least 4 members (excludes halogenated alkanes) is 1. The highest BCUT2D eigenvalue weighted by Crippen LogP contribution is 2.39. The quantitative estimate of drug-likeness (QED) is 0.216. The topological polar surface area (TPSA) is 86.3 Å². The van der Waals surface area contributed by atoms with Crippen LogP contribution in [0.4, 0.5) is 0 Å². The Morgan fingerprint density at radius 2 is 1.92 bits per heavy atom. The molecule has 1 N–H and O–H groups in total. The Morgan fingerprint density at radius 1 is 1.20 bits per heavy atom. The summed E-state index contributed by atoms with van der Waals surface area (Å²) in [6.07, 6.45) is 6.43. The molecule has 1 aliphatic heterocycles.